The van der Waals surface area contributed by atoms with Crippen molar-refractivity contribution in [1.29, 1.82) is 0 Å². The molecule has 2 atom stereocenters. The lowest BCUT2D eigenvalue weighted by Crippen LogP contribution is -2.40. The Hall–Kier alpha value is -3.27. The molecular formula is C62H110NO8+. The standard InChI is InChI=1S/C62H109NO8/c1-6-8-10-12-14-16-18-20-22-24-26-28-29-30-31-33-34-36-38-40-42-44-46-48-50-52-59(64)69-56-58(57-70-62(61(66)67)68-55-54-63(3,4)5)71-60(65)53-51-49-47-45-43-41-39-37-35-32-27-25-23-21-19-17-15-13-11-9-7-2/h9,11,15,17-18,20-21,23-24,26-27,32,58,62H,6-8,10,12-14,16,19,22,25,28-31,33-57H2,1-5H3/p+1/b11-9-,17-15-,20-18-,23-21-,26-24-,32-27-. The van der Waals surface area contributed by atoms with Crippen LogP contribution in [-0.2, 0) is 33.3 Å². The number of ether oxygens (including phenoxy) is 4. The van der Waals surface area contributed by atoms with E-state index in [4.69, 9.17) is 18.9 Å². The number of carbonyl (C=O) groups is 3. The molecule has 0 aromatic rings. The van der Waals surface area contributed by atoms with Gasteiger partial charge < -0.3 is 28.5 Å². The molecule has 0 aromatic heterocycles. The lowest BCUT2D eigenvalue weighted by Gasteiger charge is -2.25. The lowest BCUT2D eigenvalue weighted by molar-refractivity contribution is -0.870. The molecule has 0 aromatic carbocycles. The summed E-state index contributed by atoms with van der Waals surface area (Å²) in [5, 5.41) is 9.70. The summed E-state index contributed by atoms with van der Waals surface area (Å²) in [7, 11) is 5.96. The van der Waals surface area contributed by atoms with Crippen molar-refractivity contribution in [2.75, 3.05) is 47.5 Å². The Kier molecular flexibility index (Phi) is 50.6. The van der Waals surface area contributed by atoms with Crippen molar-refractivity contribution in [3.8, 4) is 0 Å². The van der Waals surface area contributed by atoms with E-state index in [-0.39, 0.29) is 32.2 Å². The zero-order valence-electron chi connectivity index (χ0n) is 46.6. The zero-order chi connectivity index (χ0) is 52.0. The molecule has 2 unspecified atom stereocenters. The van der Waals surface area contributed by atoms with Gasteiger partial charge in [0.25, 0.3) is 6.29 Å². The van der Waals surface area contributed by atoms with Crippen LogP contribution in [0.1, 0.15) is 245 Å². The first-order valence-corrected chi connectivity index (χ1v) is 29.1. The van der Waals surface area contributed by atoms with Gasteiger partial charge >= 0.3 is 17.9 Å². The average Bonchev–Trinajstić information content (AvgIpc) is 3.34. The van der Waals surface area contributed by atoms with Crippen molar-refractivity contribution in [2.45, 2.75) is 257 Å². The molecule has 0 aliphatic heterocycles. The molecule has 71 heavy (non-hydrogen) atoms. The van der Waals surface area contributed by atoms with Gasteiger partial charge in [0, 0.05) is 12.8 Å². The molecule has 0 saturated carbocycles. The highest BCUT2D eigenvalue weighted by atomic mass is 16.7. The first-order valence-electron chi connectivity index (χ1n) is 29.1. The fourth-order valence-corrected chi connectivity index (χ4v) is 7.98. The Labute approximate surface area is 437 Å². The van der Waals surface area contributed by atoms with E-state index in [9.17, 15) is 19.5 Å². The van der Waals surface area contributed by atoms with Crippen LogP contribution in [0, 0.1) is 0 Å². The van der Waals surface area contributed by atoms with Gasteiger partial charge in [-0.25, -0.2) is 4.79 Å². The van der Waals surface area contributed by atoms with Gasteiger partial charge in [0.05, 0.1) is 34.4 Å². The van der Waals surface area contributed by atoms with Gasteiger partial charge in [0.2, 0.25) is 0 Å². The van der Waals surface area contributed by atoms with Gasteiger partial charge in [-0.15, -0.1) is 0 Å². The van der Waals surface area contributed by atoms with Gasteiger partial charge in [-0.2, -0.15) is 0 Å². The second-order valence-electron chi connectivity index (χ2n) is 20.6. The summed E-state index contributed by atoms with van der Waals surface area (Å²) in [5.41, 5.74) is 0. The Morgan fingerprint density at radius 3 is 1.20 bits per heavy atom. The first-order chi connectivity index (χ1) is 34.6. The number of carboxylic acids is 1. The van der Waals surface area contributed by atoms with E-state index in [1.165, 1.54) is 135 Å². The molecule has 0 amide bonds. The molecule has 0 heterocycles. The number of hydrogen-bond donors (Lipinski definition) is 1. The van der Waals surface area contributed by atoms with Crippen molar-refractivity contribution in [3.63, 3.8) is 0 Å². The Bertz CT molecular complexity index is 1390. The number of hydrogen-bond acceptors (Lipinski definition) is 7. The number of nitrogens with zero attached hydrogens (tertiary/aromatic N) is 1. The van der Waals surface area contributed by atoms with Crippen LogP contribution in [0.15, 0.2) is 72.9 Å². The number of esters is 2. The average molecular weight is 998 g/mol. The van der Waals surface area contributed by atoms with Crippen molar-refractivity contribution < 1.29 is 42.9 Å². The molecule has 0 aliphatic carbocycles. The topological polar surface area (TPSA) is 108 Å². The highest BCUT2D eigenvalue weighted by Crippen LogP contribution is 2.16. The predicted molar refractivity (Wildman–Crippen MR) is 299 cm³/mol. The molecule has 0 spiro atoms. The maximum atomic E-state index is 12.9. The Morgan fingerprint density at radius 2 is 0.803 bits per heavy atom. The normalized spacial score (nSPS) is 13.3. The van der Waals surface area contributed by atoms with Crippen LogP contribution in [0.25, 0.3) is 0 Å². The Balaban J connectivity index is 4.25. The number of quaternary nitrogens is 1. The van der Waals surface area contributed by atoms with Crippen LogP contribution in [0.2, 0.25) is 0 Å². The van der Waals surface area contributed by atoms with Crippen LogP contribution in [-0.4, -0.2) is 87.4 Å². The lowest BCUT2D eigenvalue weighted by atomic mass is 10.0. The van der Waals surface area contributed by atoms with Crippen LogP contribution in [0.3, 0.4) is 0 Å². The molecule has 0 radical (unpaired) electrons. The molecule has 0 fully saturated rings. The molecule has 0 bridgehead atoms. The van der Waals surface area contributed by atoms with Crippen LogP contribution < -0.4 is 0 Å². The quantitative estimate of drug-likeness (QED) is 0.0211. The van der Waals surface area contributed by atoms with E-state index in [1.54, 1.807) is 0 Å². The minimum atomic E-state index is -1.52. The number of carbonyl (C=O) groups excluding carboxylic acids is 2. The first kappa shape index (κ1) is 67.7. The maximum absolute atomic E-state index is 12.9. The highest BCUT2D eigenvalue weighted by molar-refractivity contribution is 5.71. The predicted octanol–water partition coefficient (Wildman–Crippen LogP) is 17.0. The van der Waals surface area contributed by atoms with Gasteiger partial charge in [-0.1, -0.05) is 222 Å². The summed E-state index contributed by atoms with van der Waals surface area (Å²) in [4.78, 5) is 37.4. The van der Waals surface area contributed by atoms with Crippen molar-refractivity contribution in [2.24, 2.45) is 0 Å². The number of unbranched alkanes of at least 4 members (excludes halogenated alkanes) is 26. The van der Waals surface area contributed by atoms with Crippen LogP contribution in [0.4, 0.5) is 0 Å². The van der Waals surface area contributed by atoms with Crippen LogP contribution in [0.5, 0.6) is 0 Å². The minimum Gasteiger partial charge on any atom is -0.477 e. The van der Waals surface area contributed by atoms with Gasteiger partial charge in [-0.05, 0) is 83.5 Å². The summed E-state index contributed by atoms with van der Waals surface area (Å²) >= 11 is 0. The number of aliphatic carboxylic acids is 1. The number of carboxylic acid groups (broad SMARTS) is 1. The molecule has 9 heteroatoms. The monoisotopic (exact) mass is 997 g/mol. The van der Waals surface area contributed by atoms with Gasteiger partial charge in [-0.3, -0.25) is 9.59 Å². The van der Waals surface area contributed by atoms with Crippen LogP contribution >= 0.6 is 0 Å². The maximum Gasteiger partial charge on any atom is 0.361 e. The fourth-order valence-electron chi connectivity index (χ4n) is 7.98. The molecular weight excluding hydrogens is 887 g/mol. The van der Waals surface area contributed by atoms with E-state index in [1.807, 2.05) is 21.1 Å². The largest absolute Gasteiger partial charge is 0.477 e. The SMILES string of the molecule is CC/C=C\C/C=C\C/C=C\C/C=C\CCCCCCCCCCC(=O)OC(COC(=O)CCCCCCCCCCCCCCC/C=C\C/C=C\CCCCCCC)COC(OCC[N+](C)(C)C)C(=O)O. The number of rotatable bonds is 53. The van der Waals surface area contributed by atoms with Crippen molar-refractivity contribution in [3.05, 3.63) is 72.9 Å². The van der Waals surface area contributed by atoms with E-state index < -0.39 is 24.3 Å². The molecule has 410 valence electrons. The molecule has 9 nitrogen and oxygen atoms in total. The van der Waals surface area contributed by atoms with E-state index in [0.29, 0.717) is 23.9 Å². The van der Waals surface area contributed by atoms with Crippen molar-refractivity contribution >= 4 is 17.9 Å². The third-order valence-electron chi connectivity index (χ3n) is 12.4. The third-order valence-corrected chi connectivity index (χ3v) is 12.4. The summed E-state index contributed by atoms with van der Waals surface area (Å²) in [5.74, 6) is -2.01. The van der Waals surface area contributed by atoms with E-state index in [2.05, 4.69) is 86.8 Å². The summed E-state index contributed by atoms with van der Waals surface area (Å²) in [6.07, 6.45) is 65.4. The Morgan fingerprint density at radius 1 is 0.437 bits per heavy atom. The second kappa shape index (κ2) is 53.0. The van der Waals surface area contributed by atoms with E-state index in [0.717, 1.165) is 77.0 Å². The summed E-state index contributed by atoms with van der Waals surface area (Å²) < 4.78 is 22.9. The number of allylic oxidation sites excluding steroid dienone is 12. The number of likely N-dealkylation sites (N-methyl/N-ethyl adjacent to an activating group) is 1. The second-order valence-corrected chi connectivity index (χ2v) is 20.6. The van der Waals surface area contributed by atoms with Gasteiger partial charge in [0.15, 0.2) is 6.10 Å². The summed E-state index contributed by atoms with van der Waals surface area (Å²) in [6.45, 7) is 4.76. The molecule has 0 saturated heterocycles. The minimum absolute atomic E-state index is 0.183. The summed E-state index contributed by atoms with van der Waals surface area (Å²) in [6, 6.07) is 0. The highest BCUT2D eigenvalue weighted by Gasteiger charge is 2.25. The molecule has 0 rings (SSSR count). The van der Waals surface area contributed by atoms with Crippen molar-refractivity contribution in [1.82, 2.24) is 0 Å². The zero-order valence-corrected chi connectivity index (χ0v) is 46.6. The molecule has 0 aliphatic rings. The smallest absolute Gasteiger partial charge is 0.361 e. The van der Waals surface area contributed by atoms with Gasteiger partial charge in [0.1, 0.15) is 13.2 Å². The fraction of sp³-hybridized carbons (Fsp3) is 0.758. The molecule has 1 N–H and O–H groups in total. The third kappa shape index (κ3) is 54.3. The van der Waals surface area contributed by atoms with E-state index >= 15 is 0 Å².